The van der Waals surface area contributed by atoms with Crippen molar-refractivity contribution in [1.29, 1.82) is 0 Å². The van der Waals surface area contributed by atoms with Gasteiger partial charge >= 0.3 is 6.18 Å². The van der Waals surface area contributed by atoms with Crippen LogP contribution in [0.4, 0.5) is 33.6 Å². The van der Waals surface area contributed by atoms with Gasteiger partial charge in [-0.2, -0.15) is 13.2 Å². The zero-order chi connectivity index (χ0) is 23.3. The second-order valence-electron chi connectivity index (χ2n) is 6.12. The van der Waals surface area contributed by atoms with Crippen LogP contribution in [0.15, 0.2) is 36.4 Å². The molecule has 1 aromatic carbocycles. The first-order valence-corrected chi connectivity index (χ1v) is 9.46. The molecule has 0 fully saturated rings. The number of nitrogens with zero attached hydrogens (tertiary/aromatic N) is 2. The SMILES string of the molecule is CC.CCN1NC(C(F)(F)F)C=C1c1ccc(NC(=O)c2c(F)cccc2F)nc1N. The van der Waals surface area contributed by atoms with Crippen molar-refractivity contribution in [3.63, 3.8) is 0 Å². The number of alkyl halides is 3. The Morgan fingerprint density at radius 1 is 1.19 bits per heavy atom. The minimum absolute atomic E-state index is 0.110. The highest BCUT2D eigenvalue weighted by molar-refractivity contribution is 6.04. The van der Waals surface area contributed by atoms with Crippen LogP contribution in [0.1, 0.15) is 36.7 Å². The maximum atomic E-state index is 13.7. The molecular formula is C20H22F5N5O. The number of aromatic nitrogens is 1. The smallest absolute Gasteiger partial charge is 0.383 e. The number of nitrogen functional groups attached to an aromatic ring is 1. The third-order valence-corrected chi connectivity index (χ3v) is 4.21. The predicted octanol–water partition coefficient (Wildman–Crippen LogP) is 4.33. The Morgan fingerprint density at radius 2 is 1.81 bits per heavy atom. The normalized spacial score (nSPS) is 15.8. The van der Waals surface area contributed by atoms with E-state index >= 15 is 0 Å². The summed E-state index contributed by atoms with van der Waals surface area (Å²) in [5.41, 5.74) is 7.78. The number of hydrogen-bond acceptors (Lipinski definition) is 5. The molecular weight excluding hydrogens is 421 g/mol. The van der Waals surface area contributed by atoms with E-state index in [1.165, 1.54) is 17.1 Å². The maximum Gasteiger partial charge on any atom is 0.409 e. The Bertz CT molecular complexity index is 957. The van der Waals surface area contributed by atoms with Gasteiger partial charge in [0.05, 0.1) is 5.70 Å². The number of carbonyl (C=O) groups excluding carboxylic acids is 1. The summed E-state index contributed by atoms with van der Waals surface area (Å²) in [5.74, 6) is -3.45. The van der Waals surface area contributed by atoms with E-state index in [1.54, 1.807) is 6.92 Å². The van der Waals surface area contributed by atoms with Gasteiger partial charge in [-0.25, -0.2) is 19.2 Å². The summed E-state index contributed by atoms with van der Waals surface area (Å²) in [6, 6.07) is 3.74. The molecule has 0 radical (unpaired) electrons. The van der Waals surface area contributed by atoms with Crippen molar-refractivity contribution in [3.8, 4) is 0 Å². The largest absolute Gasteiger partial charge is 0.409 e. The molecule has 1 aromatic heterocycles. The van der Waals surface area contributed by atoms with Gasteiger partial charge in [0, 0.05) is 12.1 Å². The minimum Gasteiger partial charge on any atom is -0.383 e. The fraction of sp³-hybridized carbons (Fsp3) is 0.300. The Balaban J connectivity index is 0.00000166. The van der Waals surface area contributed by atoms with Crippen LogP contribution >= 0.6 is 0 Å². The Labute approximate surface area is 175 Å². The Hall–Kier alpha value is -3.21. The first-order chi connectivity index (χ1) is 14.6. The highest BCUT2D eigenvalue weighted by Crippen LogP contribution is 2.33. The summed E-state index contributed by atoms with van der Waals surface area (Å²) in [5, 5.41) is 3.49. The number of carbonyl (C=O) groups is 1. The number of amides is 1. The van der Waals surface area contributed by atoms with E-state index in [2.05, 4.69) is 15.7 Å². The quantitative estimate of drug-likeness (QED) is 0.613. The van der Waals surface area contributed by atoms with Crippen LogP contribution in [0.2, 0.25) is 0 Å². The molecule has 1 aliphatic rings. The molecule has 168 valence electrons. The van der Waals surface area contributed by atoms with Crippen LogP contribution in [0.25, 0.3) is 5.70 Å². The lowest BCUT2D eigenvalue weighted by Crippen LogP contribution is -2.44. The molecule has 1 amide bonds. The molecule has 0 spiro atoms. The van der Waals surface area contributed by atoms with Gasteiger partial charge in [0.25, 0.3) is 5.91 Å². The van der Waals surface area contributed by atoms with E-state index in [9.17, 15) is 26.7 Å². The molecule has 0 aliphatic carbocycles. The van der Waals surface area contributed by atoms with E-state index in [1.807, 2.05) is 13.8 Å². The molecule has 1 atom stereocenters. The molecule has 6 nitrogen and oxygen atoms in total. The number of hydrazine groups is 1. The van der Waals surface area contributed by atoms with Gasteiger partial charge in [0.15, 0.2) is 0 Å². The third kappa shape index (κ3) is 5.29. The maximum absolute atomic E-state index is 13.7. The topological polar surface area (TPSA) is 83.3 Å². The number of nitrogens with one attached hydrogen (secondary N) is 2. The first kappa shape index (κ1) is 24.1. The number of anilines is 2. The second kappa shape index (κ2) is 9.73. The lowest BCUT2D eigenvalue weighted by atomic mass is 10.1. The summed E-state index contributed by atoms with van der Waals surface area (Å²) in [4.78, 5) is 16.1. The van der Waals surface area contributed by atoms with Crippen molar-refractivity contribution in [2.75, 3.05) is 17.6 Å². The fourth-order valence-corrected chi connectivity index (χ4v) is 2.84. The summed E-state index contributed by atoms with van der Waals surface area (Å²) >= 11 is 0. The lowest BCUT2D eigenvalue weighted by molar-refractivity contribution is -0.149. The molecule has 1 unspecified atom stereocenters. The molecule has 31 heavy (non-hydrogen) atoms. The summed E-state index contributed by atoms with van der Waals surface area (Å²) < 4.78 is 66.4. The summed E-state index contributed by atoms with van der Waals surface area (Å²) in [6.07, 6.45) is -3.51. The highest BCUT2D eigenvalue weighted by Gasteiger charge is 2.43. The second-order valence-corrected chi connectivity index (χ2v) is 6.12. The first-order valence-electron chi connectivity index (χ1n) is 9.46. The van der Waals surface area contributed by atoms with Gasteiger partial charge < -0.3 is 16.1 Å². The molecule has 4 N–H and O–H groups in total. The monoisotopic (exact) mass is 443 g/mol. The highest BCUT2D eigenvalue weighted by atomic mass is 19.4. The number of pyridine rings is 1. The molecule has 11 heteroatoms. The van der Waals surface area contributed by atoms with E-state index in [-0.39, 0.29) is 29.4 Å². The van der Waals surface area contributed by atoms with Crippen LogP contribution in [0.3, 0.4) is 0 Å². The summed E-state index contributed by atoms with van der Waals surface area (Å²) in [7, 11) is 0. The van der Waals surface area contributed by atoms with E-state index in [0.29, 0.717) is 0 Å². The molecule has 3 rings (SSSR count). The zero-order valence-electron chi connectivity index (χ0n) is 17.0. The third-order valence-electron chi connectivity index (χ3n) is 4.21. The minimum atomic E-state index is -4.49. The van der Waals surface area contributed by atoms with Crippen molar-refractivity contribution in [2.45, 2.75) is 33.0 Å². The van der Waals surface area contributed by atoms with Gasteiger partial charge in [0.1, 0.15) is 34.9 Å². The van der Waals surface area contributed by atoms with Crippen molar-refractivity contribution in [3.05, 3.63) is 59.2 Å². The van der Waals surface area contributed by atoms with Crippen molar-refractivity contribution >= 4 is 23.2 Å². The molecule has 2 heterocycles. The zero-order valence-corrected chi connectivity index (χ0v) is 17.0. The Morgan fingerprint density at radius 3 is 2.32 bits per heavy atom. The molecule has 1 aliphatic heterocycles. The fourth-order valence-electron chi connectivity index (χ4n) is 2.84. The number of rotatable bonds is 4. The van der Waals surface area contributed by atoms with Crippen LogP contribution in [-0.4, -0.2) is 34.7 Å². The van der Waals surface area contributed by atoms with E-state index in [4.69, 9.17) is 5.73 Å². The number of hydrogen-bond donors (Lipinski definition) is 3. The predicted molar refractivity (Wildman–Crippen MR) is 108 cm³/mol. The van der Waals surface area contributed by atoms with E-state index < -0.39 is 35.3 Å². The van der Waals surface area contributed by atoms with Crippen LogP contribution in [-0.2, 0) is 0 Å². The number of nitrogens with two attached hydrogens (primary N) is 1. The Kier molecular flexibility index (Phi) is 7.55. The van der Waals surface area contributed by atoms with Crippen LogP contribution in [0, 0.1) is 11.6 Å². The molecule has 0 saturated heterocycles. The van der Waals surface area contributed by atoms with Gasteiger partial charge in [0.2, 0.25) is 0 Å². The van der Waals surface area contributed by atoms with Crippen molar-refractivity contribution < 1.29 is 26.7 Å². The van der Waals surface area contributed by atoms with Crippen LogP contribution < -0.4 is 16.5 Å². The molecule has 0 bridgehead atoms. The van der Waals surface area contributed by atoms with Crippen molar-refractivity contribution in [2.24, 2.45) is 0 Å². The summed E-state index contributed by atoms with van der Waals surface area (Å²) in [6.45, 7) is 5.88. The van der Waals surface area contributed by atoms with Gasteiger partial charge in [-0.3, -0.25) is 4.79 Å². The van der Waals surface area contributed by atoms with Crippen molar-refractivity contribution in [1.82, 2.24) is 15.4 Å². The van der Waals surface area contributed by atoms with Gasteiger partial charge in [-0.15, -0.1) is 0 Å². The molecule has 2 aromatic rings. The average Bonchev–Trinajstić information content (AvgIpc) is 3.14. The average molecular weight is 443 g/mol. The van der Waals surface area contributed by atoms with E-state index in [0.717, 1.165) is 24.3 Å². The van der Waals surface area contributed by atoms with Gasteiger partial charge in [-0.1, -0.05) is 19.9 Å². The van der Waals surface area contributed by atoms with Crippen LogP contribution in [0.5, 0.6) is 0 Å². The standard InChI is InChI=1S/C18H16F5N5O.C2H6/c1-2-28-12(8-13(27-28)18(21,22)23)9-6-7-14(25-16(9)24)26-17(29)15-10(19)4-3-5-11(15)20;1-2/h3-8,13,27H,2H2,1H3,(H3,24,25,26,29);1-2H3. The number of halogens is 5. The number of benzene rings is 1. The lowest BCUT2D eigenvalue weighted by Gasteiger charge is -2.23. The van der Waals surface area contributed by atoms with Gasteiger partial charge in [-0.05, 0) is 37.3 Å². The molecule has 0 saturated carbocycles.